The van der Waals surface area contributed by atoms with Gasteiger partial charge in [0.1, 0.15) is 11.3 Å². The lowest BCUT2D eigenvalue weighted by Gasteiger charge is -2.17. The topological polar surface area (TPSA) is 38.1 Å². The van der Waals surface area contributed by atoms with Crippen molar-refractivity contribution >= 4 is 11.3 Å². The Morgan fingerprint density at radius 2 is 2.21 bits per heavy atom. The van der Waals surface area contributed by atoms with E-state index in [0.29, 0.717) is 0 Å². The summed E-state index contributed by atoms with van der Waals surface area (Å²) < 4.78 is 5.16. The molecular weight excluding hydrogens is 256 g/mol. The number of nitrogens with one attached hydrogen (secondary N) is 1. The van der Waals surface area contributed by atoms with E-state index in [1.54, 1.807) is 23.9 Å². The highest BCUT2D eigenvalue weighted by atomic mass is 32.1. The third kappa shape index (κ3) is 2.90. The zero-order valence-corrected chi connectivity index (χ0v) is 12.5. The van der Waals surface area contributed by atoms with Crippen LogP contribution in [0.1, 0.15) is 44.2 Å². The van der Waals surface area contributed by atoms with Gasteiger partial charge in [-0.05, 0) is 18.9 Å². The molecule has 3 rings (SSSR count). The molecular formula is C15H20N2OS. The maximum absolute atomic E-state index is 5.16. The first-order chi connectivity index (χ1) is 9.04. The van der Waals surface area contributed by atoms with Crippen molar-refractivity contribution in [1.82, 2.24) is 10.3 Å². The van der Waals surface area contributed by atoms with Crippen LogP contribution in [0.3, 0.4) is 0 Å². The second-order valence-corrected chi connectivity index (χ2v) is 7.29. The molecule has 4 heteroatoms. The molecule has 2 heterocycles. The summed E-state index contributed by atoms with van der Waals surface area (Å²) in [5.74, 6) is 0. The van der Waals surface area contributed by atoms with Crippen molar-refractivity contribution in [3.8, 4) is 10.6 Å². The summed E-state index contributed by atoms with van der Waals surface area (Å²) in [4.78, 5) is 6.20. The van der Waals surface area contributed by atoms with Gasteiger partial charge >= 0.3 is 0 Å². The highest BCUT2D eigenvalue weighted by Gasteiger charge is 2.26. The fourth-order valence-corrected chi connectivity index (χ4v) is 3.30. The van der Waals surface area contributed by atoms with Crippen LogP contribution >= 0.6 is 11.3 Å². The largest absolute Gasteiger partial charge is 0.472 e. The first-order valence-corrected chi connectivity index (χ1v) is 7.62. The SMILES string of the molecule is CC(C)(C)c1nc(-c2ccoc2)sc1CNC1CC1. The highest BCUT2D eigenvalue weighted by molar-refractivity contribution is 7.15. The molecule has 19 heavy (non-hydrogen) atoms. The van der Waals surface area contributed by atoms with Crippen LogP contribution in [0, 0.1) is 0 Å². The molecule has 0 radical (unpaired) electrons. The van der Waals surface area contributed by atoms with Crippen LogP contribution in [0.4, 0.5) is 0 Å². The molecule has 1 aliphatic rings. The average molecular weight is 276 g/mol. The summed E-state index contributed by atoms with van der Waals surface area (Å²) in [7, 11) is 0. The Morgan fingerprint density at radius 3 is 2.79 bits per heavy atom. The van der Waals surface area contributed by atoms with E-state index in [1.165, 1.54) is 23.4 Å². The maximum atomic E-state index is 5.16. The molecule has 1 fully saturated rings. The van der Waals surface area contributed by atoms with E-state index >= 15 is 0 Å². The van der Waals surface area contributed by atoms with E-state index in [1.807, 2.05) is 6.07 Å². The number of thiazole rings is 1. The number of rotatable bonds is 4. The predicted molar refractivity (Wildman–Crippen MR) is 78.4 cm³/mol. The Morgan fingerprint density at radius 1 is 1.42 bits per heavy atom. The van der Waals surface area contributed by atoms with E-state index < -0.39 is 0 Å². The van der Waals surface area contributed by atoms with Gasteiger partial charge in [0.25, 0.3) is 0 Å². The van der Waals surface area contributed by atoms with Crippen LogP contribution in [-0.2, 0) is 12.0 Å². The maximum Gasteiger partial charge on any atom is 0.127 e. The van der Waals surface area contributed by atoms with Crippen molar-refractivity contribution < 1.29 is 4.42 Å². The number of hydrogen-bond acceptors (Lipinski definition) is 4. The third-order valence-electron chi connectivity index (χ3n) is 3.30. The quantitative estimate of drug-likeness (QED) is 0.918. The van der Waals surface area contributed by atoms with Crippen molar-refractivity contribution in [2.24, 2.45) is 0 Å². The lowest BCUT2D eigenvalue weighted by molar-refractivity contribution is 0.559. The Kier molecular flexibility index (Phi) is 3.23. The minimum Gasteiger partial charge on any atom is -0.472 e. The first-order valence-electron chi connectivity index (χ1n) is 6.80. The van der Waals surface area contributed by atoms with E-state index in [-0.39, 0.29) is 5.41 Å². The van der Waals surface area contributed by atoms with E-state index in [4.69, 9.17) is 9.40 Å². The molecule has 0 aliphatic heterocycles. The van der Waals surface area contributed by atoms with Gasteiger partial charge in [-0.15, -0.1) is 11.3 Å². The molecule has 0 unspecified atom stereocenters. The second-order valence-electron chi connectivity index (χ2n) is 6.21. The monoisotopic (exact) mass is 276 g/mol. The lowest BCUT2D eigenvalue weighted by atomic mass is 9.91. The second kappa shape index (κ2) is 4.76. The van der Waals surface area contributed by atoms with Gasteiger partial charge in [0.05, 0.1) is 12.0 Å². The van der Waals surface area contributed by atoms with Crippen LogP contribution in [0.15, 0.2) is 23.0 Å². The summed E-state index contributed by atoms with van der Waals surface area (Å²) in [5, 5.41) is 4.65. The van der Waals surface area contributed by atoms with Crippen LogP contribution in [0.5, 0.6) is 0 Å². The fraction of sp³-hybridized carbons (Fsp3) is 0.533. The standard InChI is InChI=1S/C15H20N2OS/c1-15(2,3)13-12(8-16-11-4-5-11)19-14(17-13)10-6-7-18-9-10/h6-7,9,11,16H,4-5,8H2,1-3H3. The molecule has 0 bridgehead atoms. The molecule has 102 valence electrons. The molecule has 0 atom stereocenters. The van der Waals surface area contributed by atoms with Crippen molar-refractivity contribution in [3.05, 3.63) is 29.2 Å². The van der Waals surface area contributed by atoms with Gasteiger partial charge in [0.2, 0.25) is 0 Å². The van der Waals surface area contributed by atoms with Gasteiger partial charge in [-0.3, -0.25) is 0 Å². The molecule has 2 aromatic rings. The Bertz CT molecular complexity index is 547. The highest BCUT2D eigenvalue weighted by Crippen LogP contribution is 2.35. The summed E-state index contributed by atoms with van der Waals surface area (Å²) in [6.07, 6.45) is 6.11. The normalized spacial score (nSPS) is 15.9. The summed E-state index contributed by atoms with van der Waals surface area (Å²) in [5.41, 5.74) is 2.37. The predicted octanol–water partition coefficient (Wildman–Crippen LogP) is 3.95. The van der Waals surface area contributed by atoms with Crippen LogP contribution in [0.2, 0.25) is 0 Å². The molecule has 1 N–H and O–H groups in total. The average Bonchev–Trinajstić information content (AvgIpc) is 2.87. The van der Waals surface area contributed by atoms with Crippen molar-refractivity contribution in [1.29, 1.82) is 0 Å². The number of hydrogen-bond donors (Lipinski definition) is 1. The van der Waals surface area contributed by atoms with Gasteiger partial charge in [0.15, 0.2) is 0 Å². The minimum atomic E-state index is 0.0824. The first kappa shape index (κ1) is 12.9. The Labute approximate surface area is 118 Å². The number of aromatic nitrogens is 1. The molecule has 0 spiro atoms. The van der Waals surface area contributed by atoms with Gasteiger partial charge in [-0.1, -0.05) is 20.8 Å². The molecule has 2 aromatic heterocycles. The Hall–Kier alpha value is -1.13. The van der Waals surface area contributed by atoms with Crippen molar-refractivity contribution in [2.45, 2.75) is 51.6 Å². The van der Waals surface area contributed by atoms with E-state index in [0.717, 1.165) is 23.2 Å². The molecule has 0 amide bonds. The van der Waals surface area contributed by atoms with Crippen LogP contribution in [-0.4, -0.2) is 11.0 Å². The zero-order valence-electron chi connectivity index (χ0n) is 11.7. The zero-order chi connectivity index (χ0) is 13.5. The summed E-state index contributed by atoms with van der Waals surface area (Å²) in [6.45, 7) is 7.61. The van der Waals surface area contributed by atoms with Gasteiger partial charge in [0, 0.05) is 28.4 Å². The number of furan rings is 1. The Balaban J connectivity index is 1.90. The summed E-state index contributed by atoms with van der Waals surface area (Å²) in [6, 6.07) is 2.70. The van der Waals surface area contributed by atoms with E-state index in [2.05, 4.69) is 26.1 Å². The van der Waals surface area contributed by atoms with Gasteiger partial charge < -0.3 is 9.73 Å². The number of nitrogens with zero attached hydrogens (tertiary/aromatic N) is 1. The molecule has 1 saturated carbocycles. The minimum absolute atomic E-state index is 0.0824. The van der Waals surface area contributed by atoms with E-state index in [9.17, 15) is 0 Å². The van der Waals surface area contributed by atoms with Crippen LogP contribution < -0.4 is 5.32 Å². The molecule has 1 aliphatic carbocycles. The fourth-order valence-electron chi connectivity index (χ4n) is 2.09. The molecule has 0 aromatic carbocycles. The van der Waals surface area contributed by atoms with Gasteiger partial charge in [-0.25, -0.2) is 4.98 Å². The van der Waals surface area contributed by atoms with Gasteiger partial charge in [-0.2, -0.15) is 0 Å². The molecule has 0 saturated heterocycles. The third-order valence-corrected chi connectivity index (χ3v) is 4.41. The van der Waals surface area contributed by atoms with Crippen molar-refractivity contribution in [2.75, 3.05) is 0 Å². The summed E-state index contributed by atoms with van der Waals surface area (Å²) >= 11 is 1.78. The lowest BCUT2D eigenvalue weighted by Crippen LogP contribution is -2.19. The van der Waals surface area contributed by atoms with Crippen molar-refractivity contribution in [3.63, 3.8) is 0 Å². The van der Waals surface area contributed by atoms with Crippen LogP contribution in [0.25, 0.3) is 10.6 Å². The smallest absolute Gasteiger partial charge is 0.127 e. The molecule has 3 nitrogen and oxygen atoms in total.